The number of hydrogen-bond donors (Lipinski definition) is 2. The van der Waals surface area contributed by atoms with Crippen molar-refractivity contribution in [1.82, 2.24) is 15.5 Å². The van der Waals surface area contributed by atoms with Gasteiger partial charge in [0.1, 0.15) is 0 Å². The predicted octanol–water partition coefficient (Wildman–Crippen LogP) is 1.80. The molecule has 1 aromatic carbocycles. The average molecular weight is 415 g/mol. The zero-order chi connectivity index (χ0) is 19.9. The van der Waals surface area contributed by atoms with Crippen molar-refractivity contribution in [3.63, 3.8) is 0 Å². The minimum atomic E-state index is -2.82. The van der Waals surface area contributed by atoms with Crippen LogP contribution in [0.15, 0.2) is 29.3 Å². The summed E-state index contributed by atoms with van der Waals surface area (Å²) in [5.74, 6) is 1.29. The number of nitrogens with zero attached hydrogens (tertiary/aromatic N) is 2. The van der Waals surface area contributed by atoms with Gasteiger partial charge in [-0.15, -0.1) is 0 Å². The summed E-state index contributed by atoms with van der Waals surface area (Å²) in [6.07, 6.45) is 0.916. The Morgan fingerprint density at radius 3 is 2.59 bits per heavy atom. The summed E-state index contributed by atoms with van der Waals surface area (Å²) in [5, 5.41) is 7.46. The number of hydrogen-bond acceptors (Lipinski definition) is 4. The molecule has 1 fully saturated rings. The topological polar surface area (TPSA) is 73.8 Å². The van der Waals surface area contributed by atoms with Gasteiger partial charge in [0.25, 0.3) is 0 Å². The van der Waals surface area contributed by atoms with E-state index in [-0.39, 0.29) is 16.9 Å². The van der Waals surface area contributed by atoms with Gasteiger partial charge in [0.2, 0.25) is 0 Å². The van der Waals surface area contributed by atoms with Crippen LogP contribution in [0.2, 0.25) is 5.02 Å². The van der Waals surface area contributed by atoms with Crippen LogP contribution in [0, 0.1) is 5.41 Å². The van der Waals surface area contributed by atoms with Gasteiger partial charge in [-0.25, -0.2) is 8.42 Å². The van der Waals surface area contributed by atoms with Crippen molar-refractivity contribution in [2.45, 2.75) is 20.3 Å². The molecule has 1 aliphatic rings. The lowest BCUT2D eigenvalue weighted by Gasteiger charge is -2.28. The van der Waals surface area contributed by atoms with Crippen LogP contribution in [0.3, 0.4) is 0 Å². The smallest absolute Gasteiger partial charge is 0.191 e. The Morgan fingerprint density at radius 1 is 1.26 bits per heavy atom. The quantitative estimate of drug-likeness (QED) is 0.525. The van der Waals surface area contributed by atoms with Gasteiger partial charge >= 0.3 is 0 Å². The highest BCUT2D eigenvalue weighted by atomic mass is 35.5. The van der Waals surface area contributed by atoms with Gasteiger partial charge in [0.15, 0.2) is 15.8 Å². The summed E-state index contributed by atoms with van der Waals surface area (Å²) in [7, 11) is -1.06. The van der Waals surface area contributed by atoms with Crippen molar-refractivity contribution < 1.29 is 8.42 Å². The molecule has 0 unspecified atom stereocenters. The van der Waals surface area contributed by atoms with Crippen molar-refractivity contribution in [2.24, 2.45) is 10.4 Å². The van der Waals surface area contributed by atoms with E-state index in [4.69, 9.17) is 11.6 Å². The highest BCUT2D eigenvalue weighted by Gasteiger charge is 2.21. The molecule has 0 aliphatic carbocycles. The predicted molar refractivity (Wildman–Crippen MR) is 113 cm³/mol. The molecular formula is C19H31ClN4O2S. The summed E-state index contributed by atoms with van der Waals surface area (Å²) in [5.41, 5.74) is 1.26. The molecule has 27 heavy (non-hydrogen) atoms. The highest BCUT2D eigenvalue weighted by Crippen LogP contribution is 2.22. The molecular weight excluding hydrogens is 384 g/mol. The van der Waals surface area contributed by atoms with Gasteiger partial charge in [0, 0.05) is 44.8 Å². The van der Waals surface area contributed by atoms with E-state index in [9.17, 15) is 8.42 Å². The molecule has 2 rings (SSSR count). The van der Waals surface area contributed by atoms with Crippen LogP contribution in [0.4, 0.5) is 0 Å². The van der Waals surface area contributed by atoms with Crippen molar-refractivity contribution in [3.8, 4) is 0 Å². The number of halogens is 1. The fourth-order valence-electron chi connectivity index (χ4n) is 3.11. The van der Waals surface area contributed by atoms with E-state index in [0.717, 1.165) is 37.0 Å². The van der Waals surface area contributed by atoms with Gasteiger partial charge in [-0.05, 0) is 29.5 Å². The lowest BCUT2D eigenvalue weighted by molar-refractivity contribution is 0.299. The molecule has 0 spiro atoms. The van der Waals surface area contributed by atoms with Crippen molar-refractivity contribution >= 4 is 27.4 Å². The summed E-state index contributed by atoms with van der Waals surface area (Å²) < 4.78 is 22.9. The molecule has 1 aromatic rings. The first-order valence-electron chi connectivity index (χ1n) is 9.31. The molecule has 6 nitrogen and oxygen atoms in total. The van der Waals surface area contributed by atoms with Crippen LogP contribution in [0.25, 0.3) is 0 Å². The van der Waals surface area contributed by atoms with Gasteiger partial charge in [-0.2, -0.15) is 0 Å². The number of nitrogens with one attached hydrogen (secondary N) is 2. The Kier molecular flexibility index (Phi) is 7.94. The van der Waals surface area contributed by atoms with E-state index >= 15 is 0 Å². The van der Waals surface area contributed by atoms with Crippen LogP contribution in [-0.2, 0) is 16.3 Å². The Morgan fingerprint density at radius 2 is 1.96 bits per heavy atom. The van der Waals surface area contributed by atoms with Crippen molar-refractivity contribution in [1.29, 1.82) is 0 Å². The third-order valence-corrected chi connectivity index (χ3v) is 6.53. The fourth-order valence-corrected chi connectivity index (χ4v) is 4.60. The van der Waals surface area contributed by atoms with E-state index in [1.807, 2.05) is 18.2 Å². The minimum absolute atomic E-state index is 0.0452. The first kappa shape index (κ1) is 22.0. The normalized spacial score (nSPS) is 18.3. The first-order chi connectivity index (χ1) is 12.7. The largest absolute Gasteiger partial charge is 0.356 e. The molecule has 0 bridgehead atoms. The van der Waals surface area contributed by atoms with Crippen LogP contribution in [-0.4, -0.2) is 70.6 Å². The molecule has 0 saturated carbocycles. The van der Waals surface area contributed by atoms with E-state index in [0.29, 0.717) is 13.1 Å². The van der Waals surface area contributed by atoms with Gasteiger partial charge in [-0.3, -0.25) is 9.89 Å². The zero-order valence-electron chi connectivity index (χ0n) is 16.5. The summed E-state index contributed by atoms with van der Waals surface area (Å²) in [6, 6.07) is 7.97. The SMILES string of the molecule is CN=C(NCCN1CCS(=O)(=O)CC1)NCC(C)(C)Cc1cccc(Cl)c1. The lowest BCUT2D eigenvalue weighted by Crippen LogP contribution is -2.47. The molecule has 152 valence electrons. The number of guanidine groups is 1. The third kappa shape index (κ3) is 8.07. The highest BCUT2D eigenvalue weighted by molar-refractivity contribution is 7.91. The van der Waals surface area contributed by atoms with Gasteiger partial charge < -0.3 is 10.6 Å². The standard InChI is InChI=1S/C19H31ClN4O2S/c1-19(2,14-16-5-4-6-17(20)13-16)15-23-18(21-3)22-7-8-24-9-11-27(25,26)12-10-24/h4-6,13H,7-12,14-15H2,1-3H3,(H2,21,22,23). The second-order valence-electron chi connectivity index (χ2n) is 7.82. The molecule has 8 heteroatoms. The molecule has 0 atom stereocenters. The average Bonchev–Trinajstić information content (AvgIpc) is 2.59. The Bertz CT molecular complexity index is 736. The first-order valence-corrected chi connectivity index (χ1v) is 11.5. The number of rotatable bonds is 7. The maximum atomic E-state index is 11.5. The number of sulfone groups is 1. The van der Waals surface area contributed by atoms with Crippen LogP contribution >= 0.6 is 11.6 Å². The zero-order valence-corrected chi connectivity index (χ0v) is 18.0. The Labute approximate surface area is 168 Å². The maximum Gasteiger partial charge on any atom is 0.191 e. The van der Waals surface area contributed by atoms with E-state index < -0.39 is 9.84 Å². The monoisotopic (exact) mass is 414 g/mol. The molecule has 0 aromatic heterocycles. The number of benzene rings is 1. The molecule has 0 radical (unpaired) electrons. The van der Waals surface area contributed by atoms with Crippen molar-refractivity contribution in [3.05, 3.63) is 34.9 Å². The third-order valence-electron chi connectivity index (χ3n) is 4.69. The summed E-state index contributed by atoms with van der Waals surface area (Å²) in [4.78, 5) is 6.45. The van der Waals surface area contributed by atoms with Crippen LogP contribution in [0.1, 0.15) is 19.4 Å². The molecule has 1 heterocycles. The molecule has 0 amide bonds. The molecule has 2 N–H and O–H groups in total. The van der Waals surface area contributed by atoms with E-state index in [2.05, 4.69) is 40.4 Å². The molecule has 1 saturated heterocycles. The van der Waals surface area contributed by atoms with Gasteiger partial charge in [-0.1, -0.05) is 37.6 Å². The van der Waals surface area contributed by atoms with Crippen LogP contribution < -0.4 is 10.6 Å². The van der Waals surface area contributed by atoms with E-state index in [1.54, 1.807) is 7.05 Å². The Hall–Kier alpha value is -1.31. The molecule has 1 aliphatic heterocycles. The summed E-state index contributed by atoms with van der Waals surface area (Å²) >= 11 is 6.08. The van der Waals surface area contributed by atoms with Crippen LogP contribution in [0.5, 0.6) is 0 Å². The Balaban J connectivity index is 1.73. The number of aliphatic imine (C=N–C) groups is 1. The van der Waals surface area contributed by atoms with Gasteiger partial charge in [0.05, 0.1) is 11.5 Å². The second kappa shape index (κ2) is 9.75. The minimum Gasteiger partial charge on any atom is -0.356 e. The lowest BCUT2D eigenvalue weighted by atomic mass is 9.86. The maximum absolute atomic E-state index is 11.5. The van der Waals surface area contributed by atoms with E-state index in [1.165, 1.54) is 5.56 Å². The summed E-state index contributed by atoms with van der Waals surface area (Å²) in [6.45, 7) is 7.97. The van der Waals surface area contributed by atoms with Crippen molar-refractivity contribution in [2.75, 3.05) is 51.3 Å². The fraction of sp³-hybridized carbons (Fsp3) is 0.632. The second-order valence-corrected chi connectivity index (χ2v) is 10.6.